The molecule has 0 bridgehead atoms. The maximum atomic E-state index is 13.1. The molecule has 0 fully saturated rings. The highest BCUT2D eigenvalue weighted by atomic mass is 35.5. The number of carbonyl (C=O) groups excluding carboxylic acids is 2. The summed E-state index contributed by atoms with van der Waals surface area (Å²) >= 11 is 6.26. The first-order chi connectivity index (χ1) is 18.4. The Labute approximate surface area is 235 Å². The number of carbonyl (C=O) groups is 2. The fourth-order valence-corrected chi connectivity index (χ4v) is 4.51. The minimum atomic E-state index is -0.533. The average Bonchev–Trinajstić information content (AvgIpc) is 3.22. The van der Waals surface area contributed by atoms with Crippen LogP contribution in [0.5, 0.6) is 5.75 Å². The summed E-state index contributed by atoms with van der Waals surface area (Å²) in [5.41, 5.74) is 4.38. The number of halogens is 1. The lowest BCUT2D eigenvalue weighted by molar-refractivity contribution is 0.0224. The lowest BCUT2D eigenvalue weighted by atomic mass is 9.99. The van der Waals surface area contributed by atoms with Crippen molar-refractivity contribution in [1.29, 1.82) is 0 Å². The third-order valence-electron chi connectivity index (χ3n) is 6.26. The van der Waals surface area contributed by atoms with Crippen LogP contribution in [0.15, 0.2) is 42.5 Å². The van der Waals surface area contributed by atoms with E-state index in [-0.39, 0.29) is 12.0 Å². The maximum absolute atomic E-state index is 13.1. The van der Waals surface area contributed by atoms with Crippen LogP contribution in [0.4, 0.5) is 10.5 Å². The summed E-state index contributed by atoms with van der Waals surface area (Å²) < 4.78 is 13.3. The monoisotopic (exact) mass is 552 g/mol. The zero-order valence-corrected chi connectivity index (χ0v) is 24.3. The number of nitrogens with zero attached hydrogens (tertiary/aromatic N) is 3. The average molecular weight is 553 g/mol. The van der Waals surface area contributed by atoms with Crippen molar-refractivity contribution in [2.24, 2.45) is 5.92 Å². The number of rotatable bonds is 7. The van der Waals surface area contributed by atoms with Gasteiger partial charge in [0, 0.05) is 35.1 Å². The van der Waals surface area contributed by atoms with Crippen molar-refractivity contribution < 1.29 is 19.1 Å². The summed E-state index contributed by atoms with van der Waals surface area (Å²) in [5.74, 6) is 0.862. The molecule has 0 spiro atoms. The topological polar surface area (TPSA) is 85.7 Å². The molecule has 0 radical (unpaired) electrons. The van der Waals surface area contributed by atoms with Crippen LogP contribution in [-0.2, 0) is 24.2 Å². The normalized spacial score (nSPS) is 13.3. The van der Waals surface area contributed by atoms with E-state index in [1.54, 1.807) is 15.6 Å². The van der Waals surface area contributed by atoms with Crippen LogP contribution in [0, 0.1) is 12.8 Å². The van der Waals surface area contributed by atoms with Crippen LogP contribution in [-0.4, -0.2) is 45.4 Å². The molecule has 2 aromatic carbocycles. The van der Waals surface area contributed by atoms with Crippen molar-refractivity contribution in [3.8, 4) is 5.75 Å². The standard InChI is InChI=1S/C30H37ClN4O4/c1-19(2)18-38-27-10-8-24(31)14-23(27)17-35-20(3)13-26(33-35)28(36)32-25-9-7-22-16-34(12-11-21(22)15-25)29(37)39-30(4,5)6/h7-10,13-15,19H,11-12,16-18H2,1-6H3,(H,32,36). The summed E-state index contributed by atoms with van der Waals surface area (Å²) in [7, 11) is 0. The van der Waals surface area contributed by atoms with Crippen LogP contribution in [0.1, 0.15) is 67.5 Å². The van der Waals surface area contributed by atoms with E-state index in [0.717, 1.165) is 28.1 Å². The van der Waals surface area contributed by atoms with Crippen molar-refractivity contribution in [2.75, 3.05) is 18.5 Å². The van der Waals surface area contributed by atoms with E-state index >= 15 is 0 Å². The number of aryl methyl sites for hydroxylation is 1. The Morgan fingerprint density at radius 1 is 1.10 bits per heavy atom. The number of benzene rings is 2. The number of hydrogen-bond acceptors (Lipinski definition) is 5. The minimum Gasteiger partial charge on any atom is -0.493 e. The molecule has 39 heavy (non-hydrogen) atoms. The summed E-state index contributed by atoms with van der Waals surface area (Å²) in [5, 5.41) is 8.14. The van der Waals surface area contributed by atoms with Gasteiger partial charge in [-0.1, -0.05) is 31.5 Å². The molecule has 9 heteroatoms. The van der Waals surface area contributed by atoms with Gasteiger partial charge in [0.15, 0.2) is 5.69 Å². The Bertz CT molecular complexity index is 1360. The molecular formula is C30H37ClN4O4. The fraction of sp³-hybridized carbons (Fsp3) is 0.433. The van der Waals surface area contributed by atoms with E-state index in [9.17, 15) is 9.59 Å². The zero-order valence-electron chi connectivity index (χ0n) is 23.5. The molecule has 4 rings (SSSR count). The zero-order chi connectivity index (χ0) is 28.3. The molecule has 0 unspecified atom stereocenters. The largest absolute Gasteiger partial charge is 0.493 e. The van der Waals surface area contributed by atoms with Gasteiger partial charge in [-0.2, -0.15) is 5.10 Å². The van der Waals surface area contributed by atoms with Crippen molar-refractivity contribution in [3.63, 3.8) is 0 Å². The Morgan fingerprint density at radius 3 is 2.59 bits per heavy atom. The second kappa shape index (κ2) is 11.7. The van der Waals surface area contributed by atoms with Crippen molar-refractivity contribution in [3.05, 3.63) is 75.6 Å². The molecule has 0 saturated carbocycles. The predicted molar refractivity (Wildman–Crippen MR) is 153 cm³/mol. The van der Waals surface area contributed by atoms with Gasteiger partial charge in [-0.3, -0.25) is 9.48 Å². The van der Waals surface area contributed by atoms with Crippen LogP contribution in [0.25, 0.3) is 0 Å². The maximum Gasteiger partial charge on any atom is 0.410 e. The molecule has 208 valence electrons. The van der Waals surface area contributed by atoms with E-state index in [1.807, 2.05) is 64.1 Å². The highest BCUT2D eigenvalue weighted by molar-refractivity contribution is 6.30. The third kappa shape index (κ3) is 7.53. The van der Waals surface area contributed by atoms with E-state index in [0.29, 0.717) is 55.0 Å². The van der Waals surface area contributed by atoms with E-state index < -0.39 is 5.60 Å². The minimum absolute atomic E-state index is 0.287. The Hall–Kier alpha value is -3.52. The summed E-state index contributed by atoms with van der Waals surface area (Å²) in [6.07, 6.45) is 0.375. The first-order valence-electron chi connectivity index (χ1n) is 13.2. The molecule has 1 N–H and O–H groups in total. The summed E-state index contributed by atoms with van der Waals surface area (Å²) in [6.45, 7) is 13.8. The molecule has 0 saturated heterocycles. The first-order valence-corrected chi connectivity index (χ1v) is 13.6. The van der Waals surface area contributed by atoms with Gasteiger partial charge in [0.05, 0.1) is 13.2 Å². The van der Waals surface area contributed by atoms with E-state index in [4.69, 9.17) is 21.1 Å². The molecule has 1 aromatic heterocycles. The number of amides is 2. The second-order valence-corrected chi connectivity index (χ2v) is 11.8. The Morgan fingerprint density at radius 2 is 1.87 bits per heavy atom. The van der Waals surface area contributed by atoms with Gasteiger partial charge in [-0.05, 0) is 87.6 Å². The molecule has 2 amide bonds. The Balaban J connectivity index is 1.43. The number of ether oxygens (including phenoxy) is 2. The molecule has 1 aliphatic rings. The third-order valence-corrected chi connectivity index (χ3v) is 6.49. The number of aromatic nitrogens is 2. The van der Waals surface area contributed by atoms with Crippen molar-refractivity contribution in [2.45, 2.75) is 66.7 Å². The second-order valence-electron chi connectivity index (χ2n) is 11.4. The van der Waals surface area contributed by atoms with E-state index in [1.165, 1.54) is 0 Å². The lowest BCUT2D eigenvalue weighted by Gasteiger charge is -2.31. The van der Waals surface area contributed by atoms with E-state index in [2.05, 4.69) is 24.3 Å². The van der Waals surface area contributed by atoms with Crippen LogP contribution >= 0.6 is 11.6 Å². The quantitative estimate of drug-likeness (QED) is 0.363. The highest BCUT2D eigenvalue weighted by Gasteiger charge is 2.26. The number of anilines is 1. The molecule has 8 nitrogen and oxygen atoms in total. The molecule has 3 aromatic rings. The van der Waals surface area contributed by atoms with Crippen molar-refractivity contribution in [1.82, 2.24) is 14.7 Å². The van der Waals surface area contributed by atoms with Crippen LogP contribution in [0.3, 0.4) is 0 Å². The summed E-state index contributed by atoms with van der Waals surface area (Å²) in [4.78, 5) is 27.2. The van der Waals surface area contributed by atoms with Gasteiger partial charge in [-0.15, -0.1) is 0 Å². The van der Waals surface area contributed by atoms with Gasteiger partial charge >= 0.3 is 6.09 Å². The van der Waals surface area contributed by atoms with Gasteiger partial charge in [-0.25, -0.2) is 4.79 Å². The van der Waals surface area contributed by atoms with Gasteiger partial charge < -0.3 is 19.7 Å². The number of fused-ring (bicyclic) bond motifs is 1. The molecule has 0 aliphatic carbocycles. The Kier molecular flexibility index (Phi) is 8.54. The predicted octanol–water partition coefficient (Wildman–Crippen LogP) is 6.47. The molecule has 1 aliphatic heterocycles. The number of hydrogen-bond donors (Lipinski definition) is 1. The van der Waals surface area contributed by atoms with Gasteiger partial charge in [0.2, 0.25) is 0 Å². The molecule has 0 atom stereocenters. The first kappa shape index (κ1) is 28.5. The lowest BCUT2D eigenvalue weighted by Crippen LogP contribution is -2.39. The highest BCUT2D eigenvalue weighted by Crippen LogP contribution is 2.26. The molecule has 2 heterocycles. The SMILES string of the molecule is Cc1cc(C(=O)Nc2ccc3c(c2)CCN(C(=O)OC(C)(C)C)C3)nn1Cc1cc(Cl)ccc1OCC(C)C. The fourth-order valence-electron chi connectivity index (χ4n) is 4.32. The molecular weight excluding hydrogens is 516 g/mol. The van der Waals surface area contributed by atoms with Crippen LogP contribution < -0.4 is 10.1 Å². The van der Waals surface area contributed by atoms with Crippen LogP contribution in [0.2, 0.25) is 5.02 Å². The van der Waals surface area contributed by atoms with Gasteiger partial charge in [0.25, 0.3) is 5.91 Å². The summed E-state index contributed by atoms with van der Waals surface area (Å²) in [6, 6.07) is 13.1. The van der Waals surface area contributed by atoms with Gasteiger partial charge in [0.1, 0.15) is 11.4 Å². The van der Waals surface area contributed by atoms with Crippen molar-refractivity contribution >= 4 is 29.3 Å². The smallest absolute Gasteiger partial charge is 0.410 e. The number of nitrogens with one attached hydrogen (secondary N) is 1.